The van der Waals surface area contributed by atoms with Gasteiger partial charge in [0.25, 0.3) is 11.8 Å². The maximum absolute atomic E-state index is 14.9. The number of nitrogens with two attached hydrogens (primary N) is 1. The molecule has 0 saturated heterocycles. The highest BCUT2D eigenvalue weighted by molar-refractivity contribution is 6.31. The van der Waals surface area contributed by atoms with Crippen LogP contribution in [0.3, 0.4) is 0 Å². The molecule has 244 valence electrons. The molecule has 3 N–H and O–H groups in total. The first-order valence-electron chi connectivity index (χ1n) is 15.6. The van der Waals surface area contributed by atoms with Crippen molar-refractivity contribution >= 4 is 40.7 Å². The Balaban J connectivity index is 1.44. The zero-order valence-corrected chi connectivity index (χ0v) is 27.2. The van der Waals surface area contributed by atoms with Crippen LogP contribution in [-0.4, -0.2) is 59.7 Å². The molecule has 2 amide bonds. The normalized spacial score (nSPS) is 20.9. The summed E-state index contributed by atoms with van der Waals surface area (Å²) < 4.78 is 20.4. The van der Waals surface area contributed by atoms with Gasteiger partial charge in [0.05, 0.1) is 16.3 Å². The summed E-state index contributed by atoms with van der Waals surface area (Å²) in [5, 5.41) is 7.30. The summed E-state index contributed by atoms with van der Waals surface area (Å²) in [4.78, 5) is 48.4. The summed E-state index contributed by atoms with van der Waals surface area (Å²) in [6, 6.07) is 16.7. The lowest BCUT2D eigenvalue weighted by Crippen LogP contribution is -2.62. The molecule has 3 heterocycles. The number of carbonyl (C=O) groups is 3. The molecular formula is C36H36ClFN4O5. The third-order valence-corrected chi connectivity index (χ3v) is 9.02. The van der Waals surface area contributed by atoms with Crippen LogP contribution >= 0.6 is 11.6 Å². The van der Waals surface area contributed by atoms with E-state index in [1.54, 1.807) is 51.1 Å². The molecule has 0 unspecified atom stereocenters. The fraction of sp³-hybridized carbons (Fsp3) is 0.333. The third kappa shape index (κ3) is 5.92. The zero-order valence-electron chi connectivity index (χ0n) is 26.4. The molecule has 0 radical (unpaired) electrons. The van der Waals surface area contributed by atoms with Gasteiger partial charge in [0.15, 0.2) is 11.4 Å². The molecule has 47 heavy (non-hydrogen) atoms. The first-order valence-corrected chi connectivity index (χ1v) is 15.9. The number of hydrogen-bond acceptors (Lipinski definition) is 7. The molecule has 11 heteroatoms. The van der Waals surface area contributed by atoms with E-state index in [2.05, 4.69) is 16.5 Å². The van der Waals surface area contributed by atoms with Crippen molar-refractivity contribution in [1.82, 2.24) is 10.2 Å². The second-order valence-corrected chi connectivity index (χ2v) is 13.3. The molecule has 0 saturated carbocycles. The maximum atomic E-state index is 14.9. The average molecular weight is 659 g/mol. The molecule has 0 aliphatic carbocycles. The van der Waals surface area contributed by atoms with E-state index < -0.39 is 40.8 Å². The van der Waals surface area contributed by atoms with Gasteiger partial charge in [-0.1, -0.05) is 59.2 Å². The van der Waals surface area contributed by atoms with Crippen molar-refractivity contribution in [3.05, 3.63) is 111 Å². The highest BCUT2D eigenvalue weighted by atomic mass is 35.5. The Morgan fingerprint density at radius 2 is 1.79 bits per heavy atom. The fourth-order valence-electron chi connectivity index (χ4n) is 6.65. The maximum Gasteiger partial charge on any atom is 0.338 e. The molecule has 0 aromatic heterocycles. The van der Waals surface area contributed by atoms with E-state index in [1.807, 2.05) is 18.2 Å². The number of benzene rings is 3. The topological polar surface area (TPSA) is 123 Å². The van der Waals surface area contributed by atoms with Crippen LogP contribution in [-0.2, 0) is 31.1 Å². The van der Waals surface area contributed by atoms with Gasteiger partial charge in [-0.2, -0.15) is 0 Å². The Hall–Kier alpha value is -4.54. The van der Waals surface area contributed by atoms with Crippen LogP contribution < -0.4 is 11.1 Å². The van der Waals surface area contributed by atoms with Crippen molar-refractivity contribution in [2.24, 2.45) is 10.9 Å². The lowest BCUT2D eigenvalue weighted by Gasteiger charge is -2.47. The molecule has 9 nitrogen and oxygen atoms in total. The second kappa shape index (κ2) is 12.6. The van der Waals surface area contributed by atoms with Crippen molar-refractivity contribution in [3.8, 4) is 0 Å². The summed E-state index contributed by atoms with van der Waals surface area (Å²) in [6.07, 6.45) is 2.23. The van der Waals surface area contributed by atoms with Crippen LogP contribution in [0.15, 0.2) is 71.9 Å². The fourth-order valence-corrected chi connectivity index (χ4v) is 6.82. The van der Waals surface area contributed by atoms with Crippen LogP contribution in [0.25, 0.3) is 5.57 Å². The minimum absolute atomic E-state index is 0.0359. The second-order valence-electron chi connectivity index (χ2n) is 12.8. The van der Waals surface area contributed by atoms with Crippen molar-refractivity contribution in [3.63, 3.8) is 0 Å². The summed E-state index contributed by atoms with van der Waals surface area (Å²) in [6.45, 7) is 7.03. The van der Waals surface area contributed by atoms with E-state index in [0.29, 0.717) is 17.5 Å². The quantitative estimate of drug-likeness (QED) is 0.355. The number of oxime groups is 1. The first kappa shape index (κ1) is 32.4. The molecule has 0 fully saturated rings. The van der Waals surface area contributed by atoms with Gasteiger partial charge in [0, 0.05) is 25.1 Å². The van der Waals surface area contributed by atoms with Crippen molar-refractivity contribution < 1.29 is 28.3 Å². The predicted molar refractivity (Wildman–Crippen MR) is 176 cm³/mol. The summed E-state index contributed by atoms with van der Waals surface area (Å²) in [5.41, 5.74) is 8.61. The van der Waals surface area contributed by atoms with Gasteiger partial charge >= 0.3 is 5.97 Å². The lowest BCUT2D eigenvalue weighted by atomic mass is 9.72. The molecule has 3 aromatic carbocycles. The van der Waals surface area contributed by atoms with E-state index >= 15 is 0 Å². The molecule has 6 rings (SSSR count). The van der Waals surface area contributed by atoms with Gasteiger partial charge in [-0.15, -0.1) is 0 Å². The number of carbonyl (C=O) groups excluding carboxylic acids is 3. The van der Waals surface area contributed by atoms with E-state index in [4.69, 9.17) is 26.9 Å². The van der Waals surface area contributed by atoms with Crippen LogP contribution in [0.4, 0.5) is 4.39 Å². The number of ether oxygens (including phenoxy) is 1. The minimum Gasteiger partial charge on any atom is -0.456 e. The number of nitrogens with zero attached hydrogens (tertiary/aromatic N) is 2. The van der Waals surface area contributed by atoms with Crippen LogP contribution in [0, 0.1) is 5.82 Å². The number of nitrogens with one attached hydrogen (secondary N) is 1. The molecule has 3 aromatic rings. The summed E-state index contributed by atoms with van der Waals surface area (Å²) in [5.74, 6) is -2.48. The van der Waals surface area contributed by atoms with Crippen LogP contribution in [0.2, 0.25) is 5.02 Å². The third-order valence-electron chi connectivity index (χ3n) is 8.73. The molecule has 3 aliphatic heterocycles. The van der Waals surface area contributed by atoms with Gasteiger partial charge in [-0.25, -0.2) is 9.18 Å². The average Bonchev–Trinajstić information content (AvgIpc) is 3.54. The van der Waals surface area contributed by atoms with Crippen molar-refractivity contribution in [2.75, 3.05) is 19.6 Å². The van der Waals surface area contributed by atoms with Gasteiger partial charge in [-0.3, -0.25) is 9.59 Å². The Morgan fingerprint density at radius 1 is 1.06 bits per heavy atom. The number of esters is 1. The Kier molecular flexibility index (Phi) is 8.67. The highest BCUT2D eigenvalue weighted by Crippen LogP contribution is 2.45. The van der Waals surface area contributed by atoms with Gasteiger partial charge in [-0.05, 0) is 92.2 Å². The largest absolute Gasteiger partial charge is 0.456 e. The molecular weight excluding hydrogens is 623 g/mol. The molecule has 0 spiro atoms. The molecule has 3 aliphatic rings. The lowest BCUT2D eigenvalue weighted by molar-refractivity contribution is -0.153. The predicted octanol–water partition coefficient (Wildman–Crippen LogP) is 5.12. The standard InChI is InChI=1S/C36H36ClFN4O5/c1-35(2,3)46-33(44)22-10-12-23(13-11-22)36(34(39)45)27-8-4-6-24(21-14-17-40-18-15-21)25(27)16-19-42(36)32(43)30-20-29(41-47-30)26-7-5-9-28(37)31(26)38/h4-14,30,40H,15-20H2,1-3H3,(H2,39,45)/t30-,36+/m1/s1. The Morgan fingerprint density at radius 3 is 2.47 bits per heavy atom. The van der Waals surface area contributed by atoms with Gasteiger partial charge in [0.1, 0.15) is 5.60 Å². The van der Waals surface area contributed by atoms with Crippen molar-refractivity contribution in [1.29, 1.82) is 0 Å². The van der Waals surface area contributed by atoms with Crippen molar-refractivity contribution in [2.45, 2.75) is 57.3 Å². The molecule has 2 atom stereocenters. The van der Waals surface area contributed by atoms with Gasteiger partial charge < -0.3 is 25.5 Å². The monoisotopic (exact) mass is 658 g/mol. The highest BCUT2D eigenvalue weighted by Gasteiger charge is 2.54. The van der Waals surface area contributed by atoms with E-state index in [0.717, 1.165) is 36.2 Å². The zero-order chi connectivity index (χ0) is 33.5. The number of fused-ring (bicyclic) bond motifs is 1. The number of hydrogen-bond donors (Lipinski definition) is 2. The Bertz CT molecular complexity index is 1820. The number of primary amides is 1. The number of halogens is 2. The van der Waals surface area contributed by atoms with E-state index in [-0.39, 0.29) is 34.8 Å². The SMILES string of the molecule is CC(C)(C)OC(=O)c1ccc([C@@]2(C(N)=O)c3cccc(C4=CCNCC4)c3CCN2C(=O)[C@H]2CC(c3cccc(Cl)c3F)=NO2)cc1. The van der Waals surface area contributed by atoms with Gasteiger partial charge in [0.2, 0.25) is 6.10 Å². The summed E-state index contributed by atoms with van der Waals surface area (Å²) >= 11 is 6.00. The van der Waals surface area contributed by atoms with Crippen LogP contribution in [0.5, 0.6) is 0 Å². The summed E-state index contributed by atoms with van der Waals surface area (Å²) in [7, 11) is 0. The van der Waals surface area contributed by atoms with E-state index in [9.17, 15) is 18.8 Å². The number of rotatable bonds is 6. The Labute approximate surface area is 277 Å². The van der Waals surface area contributed by atoms with E-state index in [1.165, 1.54) is 17.0 Å². The molecule has 0 bridgehead atoms. The number of amides is 2. The van der Waals surface area contributed by atoms with Crippen LogP contribution in [0.1, 0.15) is 71.8 Å². The smallest absolute Gasteiger partial charge is 0.338 e. The minimum atomic E-state index is -1.76. The first-order chi connectivity index (χ1) is 22.4.